The van der Waals surface area contributed by atoms with Crippen LogP contribution in [0, 0.1) is 5.92 Å². The molecular formula is C10H13NO3. The summed E-state index contributed by atoms with van der Waals surface area (Å²) in [5, 5.41) is 18.5. The van der Waals surface area contributed by atoms with Crippen molar-refractivity contribution in [3.63, 3.8) is 0 Å². The van der Waals surface area contributed by atoms with E-state index < -0.39 is 18.0 Å². The second kappa shape index (κ2) is 4.72. The van der Waals surface area contributed by atoms with Crippen LogP contribution in [0.15, 0.2) is 24.4 Å². The number of carbonyl (C=O) groups is 1. The number of pyridine rings is 1. The average molecular weight is 195 g/mol. The lowest BCUT2D eigenvalue weighted by atomic mass is 9.97. The van der Waals surface area contributed by atoms with Crippen LogP contribution >= 0.6 is 0 Å². The first-order valence-corrected chi connectivity index (χ1v) is 4.48. The first-order chi connectivity index (χ1) is 6.66. The molecular weight excluding hydrogens is 182 g/mol. The van der Waals surface area contributed by atoms with Crippen LogP contribution in [0.5, 0.6) is 0 Å². The van der Waals surface area contributed by atoms with Gasteiger partial charge in [-0.15, -0.1) is 0 Å². The number of carboxylic acids is 1. The van der Waals surface area contributed by atoms with Crippen LogP contribution in [-0.2, 0) is 4.79 Å². The van der Waals surface area contributed by atoms with Crippen molar-refractivity contribution in [2.45, 2.75) is 19.4 Å². The van der Waals surface area contributed by atoms with Crippen molar-refractivity contribution < 1.29 is 15.0 Å². The number of aromatic nitrogens is 1. The maximum absolute atomic E-state index is 10.8. The first-order valence-electron chi connectivity index (χ1n) is 4.48. The van der Waals surface area contributed by atoms with Crippen LogP contribution in [0.1, 0.15) is 25.1 Å². The SMILES string of the molecule is CC[C@H](C(=O)O)C(O)c1ccccn1. The zero-order chi connectivity index (χ0) is 10.6. The third-order valence-electron chi connectivity index (χ3n) is 2.13. The third-order valence-corrected chi connectivity index (χ3v) is 2.13. The van der Waals surface area contributed by atoms with E-state index in [1.165, 1.54) is 6.20 Å². The maximum Gasteiger partial charge on any atom is 0.309 e. The van der Waals surface area contributed by atoms with Crippen LogP contribution in [0.3, 0.4) is 0 Å². The fraction of sp³-hybridized carbons (Fsp3) is 0.400. The minimum atomic E-state index is -1.03. The van der Waals surface area contributed by atoms with E-state index in [0.29, 0.717) is 12.1 Å². The molecule has 4 nitrogen and oxygen atoms in total. The molecule has 1 aromatic heterocycles. The summed E-state index contributed by atoms with van der Waals surface area (Å²) in [7, 11) is 0. The summed E-state index contributed by atoms with van der Waals surface area (Å²) in [5.74, 6) is -1.78. The summed E-state index contributed by atoms with van der Waals surface area (Å²) >= 11 is 0. The summed E-state index contributed by atoms with van der Waals surface area (Å²) in [6.07, 6.45) is 0.888. The highest BCUT2D eigenvalue weighted by atomic mass is 16.4. The van der Waals surface area contributed by atoms with Crippen LogP contribution in [-0.4, -0.2) is 21.2 Å². The molecule has 0 saturated carbocycles. The van der Waals surface area contributed by atoms with Crippen LogP contribution in [0.2, 0.25) is 0 Å². The molecule has 1 unspecified atom stereocenters. The van der Waals surface area contributed by atoms with Crippen molar-refractivity contribution in [2.75, 3.05) is 0 Å². The van der Waals surface area contributed by atoms with Gasteiger partial charge in [0.1, 0.15) is 6.10 Å². The van der Waals surface area contributed by atoms with Gasteiger partial charge in [0.2, 0.25) is 0 Å². The van der Waals surface area contributed by atoms with Gasteiger partial charge in [-0.05, 0) is 18.6 Å². The van der Waals surface area contributed by atoms with Gasteiger partial charge in [-0.2, -0.15) is 0 Å². The predicted octanol–water partition coefficient (Wildman–Crippen LogP) is 1.23. The topological polar surface area (TPSA) is 70.4 Å². The molecule has 0 amide bonds. The Morgan fingerprint density at radius 3 is 2.71 bits per heavy atom. The number of aliphatic carboxylic acids is 1. The van der Waals surface area contributed by atoms with Gasteiger partial charge in [0.15, 0.2) is 0 Å². The molecule has 0 saturated heterocycles. The Balaban J connectivity index is 2.83. The molecule has 0 fully saturated rings. The van der Waals surface area contributed by atoms with Gasteiger partial charge in [0.05, 0.1) is 11.6 Å². The van der Waals surface area contributed by atoms with Crippen molar-refractivity contribution in [3.8, 4) is 0 Å². The maximum atomic E-state index is 10.8. The number of nitrogens with zero attached hydrogens (tertiary/aromatic N) is 1. The first kappa shape index (κ1) is 10.7. The van der Waals surface area contributed by atoms with Gasteiger partial charge in [0.25, 0.3) is 0 Å². The fourth-order valence-corrected chi connectivity index (χ4v) is 1.29. The number of aliphatic hydroxyl groups is 1. The lowest BCUT2D eigenvalue weighted by Gasteiger charge is -2.16. The third kappa shape index (κ3) is 2.29. The quantitative estimate of drug-likeness (QED) is 0.758. The largest absolute Gasteiger partial charge is 0.481 e. The average Bonchev–Trinajstić information content (AvgIpc) is 2.19. The second-order valence-electron chi connectivity index (χ2n) is 3.05. The fourth-order valence-electron chi connectivity index (χ4n) is 1.29. The monoisotopic (exact) mass is 195 g/mol. The Morgan fingerprint density at radius 1 is 1.57 bits per heavy atom. The van der Waals surface area contributed by atoms with E-state index in [2.05, 4.69) is 4.98 Å². The summed E-state index contributed by atoms with van der Waals surface area (Å²) in [6.45, 7) is 1.73. The minimum Gasteiger partial charge on any atom is -0.481 e. The molecule has 76 valence electrons. The number of carboxylic acid groups (broad SMARTS) is 1. The Hall–Kier alpha value is -1.42. The van der Waals surface area contributed by atoms with Crippen LogP contribution in [0.4, 0.5) is 0 Å². The van der Waals surface area contributed by atoms with Crippen molar-refractivity contribution in [1.29, 1.82) is 0 Å². The molecule has 1 aromatic rings. The number of hydrogen-bond donors (Lipinski definition) is 2. The van der Waals surface area contributed by atoms with Gasteiger partial charge < -0.3 is 10.2 Å². The molecule has 2 N–H and O–H groups in total. The molecule has 0 radical (unpaired) electrons. The summed E-state index contributed by atoms with van der Waals surface area (Å²) in [5.41, 5.74) is 0.404. The van der Waals surface area contributed by atoms with E-state index in [9.17, 15) is 9.90 Å². The van der Waals surface area contributed by atoms with Gasteiger partial charge in [0, 0.05) is 6.20 Å². The standard InChI is InChI=1S/C10H13NO3/c1-2-7(10(13)14)9(12)8-5-3-4-6-11-8/h3-7,9,12H,2H2,1H3,(H,13,14)/t7-,9?/m0/s1. The molecule has 1 heterocycles. The smallest absolute Gasteiger partial charge is 0.309 e. The van der Waals surface area contributed by atoms with Gasteiger partial charge in [-0.25, -0.2) is 0 Å². The molecule has 4 heteroatoms. The van der Waals surface area contributed by atoms with E-state index in [4.69, 9.17) is 5.11 Å². The number of rotatable bonds is 4. The van der Waals surface area contributed by atoms with E-state index >= 15 is 0 Å². The number of hydrogen-bond acceptors (Lipinski definition) is 3. The Kier molecular flexibility index (Phi) is 3.59. The zero-order valence-corrected chi connectivity index (χ0v) is 7.92. The van der Waals surface area contributed by atoms with E-state index in [1.807, 2.05) is 0 Å². The summed E-state index contributed by atoms with van der Waals surface area (Å²) in [6, 6.07) is 5.06. The number of aliphatic hydroxyl groups excluding tert-OH is 1. The van der Waals surface area contributed by atoms with Crippen LogP contribution in [0.25, 0.3) is 0 Å². The lowest BCUT2D eigenvalue weighted by molar-refractivity contribution is -0.146. The lowest BCUT2D eigenvalue weighted by Crippen LogP contribution is -2.21. The molecule has 0 aliphatic rings. The second-order valence-corrected chi connectivity index (χ2v) is 3.05. The van der Waals surface area contributed by atoms with E-state index in [0.717, 1.165) is 0 Å². The van der Waals surface area contributed by atoms with E-state index in [1.54, 1.807) is 25.1 Å². The predicted molar refractivity (Wildman–Crippen MR) is 50.6 cm³/mol. The van der Waals surface area contributed by atoms with Gasteiger partial charge in [-0.1, -0.05) is 13.0 Å². The van der Waals surface area contributed by atoms with Crippen LogP contribution < -0.4 is 0 Å². The molecule has 0 aliphatic carbocycles. The molecule has 0 aliphatic heterocycles. The van der Waals surface area contributed by atoms with Gasteiger partial charge >= 0.3 is 5.97 Å². The molecule has 2 atom stereocenters. The summed E-state index contributed by atoms with van der Waals surface area (Å²) in [4.78, 5) is 14.7. The molecule has 1 rings (SSSR count). The molecule has 0 spiro atoms. The van der Waals surface area contributed by atoms with Crippen molar-refractivity contribution in [1.82, 2.24) is 4.98 Å². The highest BCUT2D eigenvalue weighted by molar-refractivity contribution is 5.70. The van der Waals surface area contributed by atoms with Crippen molar-refractivity contribution >= 4 is 5.97 Å². The summed E-state index contributed by atoms with van der Waals surface area (Å²) < 4.78 is 0. The highest BCUT2D eigenvalue weighted by Gasteiger charge is 2.26. The van der Waals surface area contributed by atoms with Gasteiger partial charge in [-0.3, -0.25) is 9.78 Å². The Bertz CT molecular complexity index is 299. The Morgan fingerprint density at radius 2 is 2.29 bits per heavy atom. The highest BCUT2D eigenvalue weighted by Crippen LogP contribution is 2.22. The van der Waals surface area contributed by atoms with Crippen molar-refractivity contribution in [2.24, 2.45) is 5.92 Å². The molecule has 14 heavy (non-hydrogen) atoms. The molecule has 0 bridgehead atoms. The normalized spacial score (nSPS) is 14.7. The van der Waals surface area contributed by atoms with Crippen molar-refractivity contribution in [3.05, 3.63) is 30.1 Å². The minimum absolute atomic E-state index is 0.382. The molecule has 0 aromatic carbocycles. The Labute approximate surface area is 82.2 Å². The zero-order valence-electron chi connectivity index (χ0n) is 7.92. The van der Waals surface area contributed by atoms with E-state index in [-0.39, 0.29) is 0 Å².